The number of nitrogens with one attached hydrogen (secondary N) is 1. The molecule has 1 aliphatic rings. The molecule has 4 heteroatoms. The van der Waals surface area contributed by atoms with Crippen LogP contribution < -0.4 is 10.1 Å². The van der Waals surface area contributed by atoms with Crippen LogP contribution in [-0.2, 0) is 6.42 Å². The maximum Gasteiger partial charge on any atom is 0.216 e. The molecule has 100 valence electrons. The molecule has 0 aromatic carbocycles. The molecule has 1 aromatic heterocycles. The Hall–Kier alpha value is -1.16. The Balaban J connectivity index is 1.73. The van der Waals surface area contributed by atoms with Gasteiger partial charge in [-0.15, -0.1) is 0 Å². The van der Waals surface area contributed by atoms with Crippen LogP contribution in [0.15, 0.2) is 12.4 Å². The molecule has 18 heavy (non-hydrogen) atoms. The van der Waals surface area contributed by atoms with E-state index in [1.165, 1.54) is 19.3 Å². The van der Waals surface area contributed by atoms with Gasteiger partial charge in [-0.3, -0.25) is 0 Å². The number of aromatic nitrogens is 2. The van der Waals surface area contributed by atoms with Crippen molar-refractivity contribution in [1.29, 1.82) is 0 Å². The van der Waals surface area contributed by atoms with Crippen molar-refractivity contribution in [2.24, 2.45) is 0 Å². The number of hydrogen-bond acceptors (Lipinski definition) is 4. The molecule has 2 heterocycles. The highest BCUT2D eigenvalue weighted by molar-refractivity contribution is 5.13. The van der Waals surface area contributed by atoms with Crippen molar-refractivity contribution in [3.8, 4) is 5.88 Å². The molecule has 0 bridgehead atoms. The highest BCUT2D eigenvalue weighted by Gasteiger charge is 2.12. The van der Waals surface area contributed by atoms with Gasteiger partial charge in [-0.1, -0.05) is 19.8 Å². The largest absolute Gasteiger partial charge is 0.478 e. The third-order valence-corrected chi connectivity index (χ3v) is 3.33. The molecule has 0 saturated carbocycles. The van der Waals surface area contributed by atoms with Crippen molar-refractivity contribution in [1.82, 2.24) is 15.3 Å². The SMILES string of the molecule is CCCc1cc(OCCC2CCCCN2)ncn1. The summed E-state index contributed by atoms with van der Waals surface area (Å²) < 4.78 is 5.70. The normalized spacial score (nSPS) is 19.7. The first-order valence-electron chi connectivity index (χ1n) is 7.05. The van der Waals surface area contributed by atoms with Gasteiger partial charge in [0.15, 0.2) is 0 Å². The van der Waals surface area contributed by atoms with Crippen LogP contribution >= 0.6 is 0 Å². The molecule has 1 N–H and O–H groups in total. The molecule has 0 spiro atoms. The van der Waals surface area contributed by atoms with E-state index in [9.17, 15) is 0 Å². The summed E-state index contributed by atoms with van der Waals surface area (Å²) in [5.41, 5.74) is 1.07. The van der Waals surface area contributed by atoms with Crippen molar-refractivity contribution < 1.29 is 4.74 Å². The number of rotatable bonds is 6. The Morgan fingerprint density at radius 2 is 2.33 bits per heavy atom. The minimum Gasteiger partial charge on any atom is -0.478 e. The summed E-state index contributed by atoms with van der Waals surface area (Å²) in [6.45, 7) is 4.04. The summed E-state index contributed by atoms with van der Waals surface area (Å²) >= 11 is 0. The Labute approximate surface area is 109 Å². The van der Waals surface area contributed by atoms with E-state index in [0.29, 0.717) is 11.9 Å². The Morgan fingerprint density at radius 3 is 3.11 bits per heavy atom. The lowest BCUT2D eigenvalue weighted by Gasteiger charge is -2.23. The maximum atomic E-state index is 5.70. The summed E-state index contributed by atoms with van der Waals surface area (Å²) in [5.74, 6) is 0.712. The van der Waals surface area contributed by atoms with Crippen LogP contribution in [0.4, 0.5) is 0 Å². The third kappa shape index (κ3) is 4.26. The number of piperidine rings is 1. The summed E-state index contributed by atoms with van der Waals surface area (Å²) in [4.78, 5) is 8.37. The van der Waals surface area contributed by atoms with Gasteiger partial charge in [-0.25, -0.2) is 9.97 Å². The second-order valence-corrected chi connectivity index (χ2v) is 4.88. The average Bonchev–Trinajstić information content (AvgIpc) is 2.41. The molecule has 4 nitrogen and oxygen atoms in total. The Kier molecular flexibility index (Phi) is 5.39. The van der Waals surface area contributed by atoms with Gasteiger partial charge in [0.1, 0.15) is 6.33 Å². The lowest BCUT2D eigenvalue weighted by Crippen LogP contribution is -2.35. The van der Waals surface area contributed by atoms with E-state index < -0.39 is 0 Å². The fraction of sp³-hybridized carbons (Fsp3) is 0.714. The van der Waals surface area contributed by atoms with Gasteiger partial charge in [0.2, 0.25) is 5.88 Å². The summed E-state index contributed by atoms with van der Waals surface area (Å²) in [5, 5.41) is 3.52. The van der Waals surface area contributed by atoms with Gasteiger partial charge >= 0.3 is 0 Å². The molecule has 1 atom stereocenters. The first-order valence-corrected chi connectivity index (χ1v) is 7.05. The average molecular weight is 249 g/mol. The molecule has 0 amide bonds. The number of ether oxygens (including phenoxy) is 1. The van der Waals surface area contributed by atoms with Crippen molar-refractivity contribution in [3.63, 3.8) is 0 Å². The van der Waals surface area contributed by atoms with Crippen molar-refractivity contribution in [3.05, 3.63) is 18.1 Å². The molecular formula is C14H23N3O. The van der Waals surface area contributed by atoms with E-state index in [0.717, 1.165) is 38.1 Å². The van der Waals surface area contributed by atoms with Crippen LogP contribution in [0.3, 0.4) is 0 Å². The predicted octanol–water partition coefficient (Wildman–Crippen LogP) is 2.34. The molecule has 2 rings (SSSR count). The van der Waals surface area contributed by atoms with Crippen molar-refractivity contribution in [2.45, 2.75) is 51.5 Å². The standard InChI is InChI=1S/C14H23N3O/c1-2-5-13-10-14(17-11-16-13)18-9-7-12-6-3-4-8-15-12/h10-12,15H,2-9H2,1H3. The topological polar surface area (TPSA) is 47.0 Å². The lowest BCUT2D eigenvalue weighted by molar-refractivity contribution is 0.260. The summed E-state index contributed by atoms with van der Waals surface area (Å²) in [6.07, 6.45) is 8.67. The third-order valence-electron chi connectivity index (χ3n) is 3.33. The fourth-order valence-corrected chi connectivity index (χ4v) is 2.32. The molecule has 1 aromatic rings. The van der Waals surface area contributed by atoms with Crippen molar-refractivity contribution >= 4 is 0 Å². The van der Waals surface area contributed by atoms with Gasteiger partial charge in [-0.05, 0) is 32.2 Å². The molecule has 1 saturated heterocycles. The van der Waals surface area contributed by atoms with E-state index in [4.69, 9.17) is 4.74 Å². The highest BCUT2D eigenvalue weighted by atomic mass is 16.5. The number of nitrogens with zero attached hydrogens (tertiary/aromatic N) is 2. The molecule has 1 fully saturated rings. The smallest absolute Gasteiger partial charge is 0.216 e. The maximum absolute atomic E-state index is 5.70. The Bertz CT molecular complexity index is 351. The zero-order chi connectivity index (χ0) is 12.6. The number of hydrogen-bond donors (Lipinski definition) is 1. The first-order chi connectivity index (χ1) is 8.88. The van der Waals surface area contributed by atoms with Crippen LogP contribution in [0, 0.1) is 0 Å². The van der Waals surface area contributed by atoms with Crippen LogP contribution in [0.2, 0.25) is 0 Å². The Morgan fingerprint density at radius 1 is 1.39 bits per heavy atom. The van der Waals surface area contributed by atoms with Gasteiger partial charge in [0, 0.05) is 17.8 Å². The minimum atomic E-state index is 0.621. The van der Waals surface area contributed by atoms with Gasteiger partial charge in [-0.2, -0.15) is 0 Å². The van der Waals surface area contributed by atoms with Crippen molar-refractivity contribution in [2.75, 3.05) is 13.2 Å². The van der Waals surface area contributed by atoms with Crippen LogP contribution in [0.1, 0.15) is 44.7 Å². The minimum absolute atomic E-state index is 0.621. The molecule has 0 aliphatic carbocycles. The molecule has 1 aliphatic heterocycles. The van der Waals surface area contributed by atoms with Gasteiger partial charge in [0.25, 0.3) is 0 Å². The van der Waals surface area contributed by atoms with Crippen LogP contribution in [0.25, 0.3) is 0 Å². The highest BCUT2D eigenvalue weighted by Crippen LogP contribution is 2.12. The van der Waals surface area contributed by atoms with Crippen LogP contribution in [-0.4, -0.2) is 29.2 Å². The first kappa shape index (κ1) is 13.3. The fourth-order valence-electron chi connectivity index (χ4n) is 2.32. The molecule has 0 radical (unpaired) electrons. The van der Waals surface area contributed by atoms with Gasteiger partial charge in [0.05, 0.1) is 6.61 Å². The quantitative estimate of drug-likeness (QED) is 0.840. The summed E-state index contributed by atoms with van der Waals surface area (Å²) in [6, 6.07) is 2.58. The van der Waals surface area contributed by atoms with E-state index in [1.54, 1.807) is 6.33 Å². The van der Waals surface area contributed by atoms with E-state index in [2.05, 4.69) is 22.2 Å². The molecule has 1 unspecified atom stereocenters. The monoisotopic (exact) mass is 249 g/mol. The van der Waals surface area contributed by atoms with E-state index in [-0.39, 0.29) is 0 Å². The number of aryl methyl sites for hydroxylation is 1. The van der Waals surface area contributed by atoms with Gasteiger partial charge < -0.3 is 10.1 Å². The van der Waals surface area contributed by atoms with E-state index >= 15 is 0 Å². The second-order valence-electron chi connectivity index (χ2n) is 4.88. The molecular weight excluding hydrogens is 226 g/mol. The second kappa shape index (κ2) is 7.31. The van der Waals surface area contributed by atoms with E-state index in [1.807, 2.05) is 6.07 Å². The lowest BCUT2D eigenvalue weighted by atomic mass is 10.0. The zero-order valence-electron chi connectivity index (χ0n) is 11.2. The zero-order valence-corrected chi connectivity index (χ0v) is 11.2. The van der Waals surface area contributed by atoms with Crippen LogP contribution in [0.5, 0.6) is 5.88 Å². The summed E-state index contributed by atoms with van der Waals surface area (Å²) in [7, 11) is 0. The predicted molar refractivity (Wildman–Crippen MR) is 71.8 cm³/mol.